The molecular weight excluding hydrogens is 2340 g/mol. The fourth-order valence-electron chi connectivity index (χ4n) is 17.6. The summed E-state index contributed by atoms with van der Waals surface area (Å²) in [5.74, 6) is 0. The van der Waals surface area contributed by atoms with Crippen molar-refractivity contribution in [1.82, 2.24) is 0 Å². The van der Waals surface area contributed by atoms with Gasteiger partial charge in [-0.1, -0.05) is 0 Å². The van der Waals surface area contributed by atoms with E-state index in [4.69, 9.17) is 189 Å². The van der Waals surface area contributed by atoms with Gasteiger partial charge in [0.05, 0.1) is 0 Å². The van der Waals surface area contributed by atoms with Crippen molar-refractivity contribution in [3.63, 3.8) is 0 Å². The van der Waals surface area contributed by atoms with E-state index in [0.29, 0.717) is 0 Å². The van der Waals surface area contributed by atoms with Gasteiger partial charge in [-0.25, -0.2) is 0 Å². The van der Waals surface area contributed by atoms with E-state index in [2.05, 4.69) is 0 Å². The Balaban J connectivity index is 2.50. The third kappa shape index (κ3) is 43.4. The van der Waals surface area contributed by atoms with Crippen LogP contribution in [0.5, 0.6) is 0 Å². The highest BCUT2D eigenvalue weighted by molar-refractivity contribution is 7.05. The summed E-state index contributed by atoms with van der Waals surface area (Å²) in [4.78, 5) is 0. The summed E-state index contributed by atoms with van der Waals surface area (Å²) in [6.07, 6.45) is 0. The van der Waals surface area contributed by atoms with Crippen LogP contribution in [0.3, 0.4) is 0 Å². The molecule has 0 amide bonds. The van der Waals surface area contributed by atoms with E-state index in [9.17, 15) is 0 Å². The number of hydrogen-bond acceptors (Lipinski definition) is 44. The molecule has 0 spiro atoms. The highest BCUT2D eigenvalue weighted by Crippen LogP contribution is 2.56. The average molecular weight is 2540 g/mol. The molecule has 0 aromatic carbocycles. The largest absolute Gasteiger partial charge is 0.651 e. The Morgan fingerprint density at radius 2 is 0.169 bits per heavy atom. The van der Waals surface area contributed by atoms with E-state index in [1.165, 1.54) is 0 Å². The molecule has 44 nitrogen and oxygen atoms in total. The van der Waals surface area contributed by atoms with Crippen molar-refractivity contribution in [2.45, 2.75) is 368 Å². The normalized spacial score (nSPS) is 24.2. The van der Waals surface area contributed by atoms with Crippen LogP contribution >= 0.6 is 0 Å². The molecule has 880 valence electrons. The third-order valence-electron chi connectivity index (χ3n) is 23.2. The van der Waals surface area contributed by atoms with Crippen molar-refractivity contribution in [2.75, 3.05) is 159 Å². The van der Waals surface area contributed by atoms with Crippen molar-refractivity contribution in [3.05, 3.63) is 0 Å². The lowest BCUT2D eigenvalue weighted by atomic mass is 10.9. The van der Waals surface area contributed by atoms with Crippen LogP contribution in [0.25, 0.3) is 0 Å². The maximum atomic E-state index is 8.70. The molecule has 0 N–H and O–H groups in total. The summed E-state index contributed by atoms with van der Waals surface area (Å²) in [6.45, 7) is 83.8. The van der Waals surface area contributed by atoms with E-state index in [1.54, 1.807) is 0 Å². The molecule has 6 fully saturated rings. The molecule has 6 aliphatic rings. The first kappa shape index (κ1) is 142. The Labute approximate surface area is 917 Å². The van der Waals surface area contributed by atoms with Crippen LogP contribution in [-0.2, 0) is 189 Å². The minimum Gasteiger partial charge on any atom is -0.395 e. The van der Waals surface area contributed by atoms with Crippen LogP contribution in [0, 0.1) is 0 Å². The fraction of sp³-hybridized carbons (Fsp3) is 1.00. The van der Waals surface area contributed by atoms with Crippen LogP contribution < -0.4 is 0 Å². The Hall–Kier alpha value is 3.45. The first-order valence-corrected chi connectivity index (χ1v) is 108. The van der Waals surface area contributed by atoms with Gasteiger partial charge in [0.2, 0.25) is 0 Å². The van der Waals surface area contributed by atoms with Crippen LogP contribution in [0.15, 0.2) is 0 Å². The van der Waals surface area contributed by atoms with Crippen molar-refractivity contribution in [1.29, 1.82) is 0 Å². The molecule has 0 unspecified atom stereocenters. The zero-order valence-electron chi connectivity index (χ0n) is 98.2. The minimum atomic E-state index is -6.16. The number of hydrogen-bond donors (Lipinski definition) is 0. The molecule has 6 saturated heterocycles. The van der Waals surface area contributed by atoms with Crippen molar-refractivity contribution in [2.24, 2.45) is 0 Å². The van der Waals surface area contributed by atoms with E-state index in [1.807, 2.05) is 271 Å². The summed E-state index contributed by atoms with van der Waals surface area (Å²) < 4.78 is 334. The molecule has 6 rings (SSSR count). The minimum absolute atomic E-state index is 0.184. The van der Waals surface area contributed by atoms with E-state index >= 15 is 0 Å². The maximum absolute atomic E-state index is 8.70. The molecule has 0 aromatic heterocycles. The van der Waals surface area contributed by atoms with Gasteiger partial charge >= 0.3 is 143 Å². The second kappa shape index (κ2) is 62.7. The summed E-state index contributed by atoms with van der Waals surface area (Å²) in [5, 5.41) is 0. The molecule has 0 radical (unpaired) electrons. The van der Waals surface area contributed by atoms with Gasteiger partial charge in [-0.05, 0) is 319 Å². The monoisotopic (exact) mass is 2540 g/mol. The molecule has 0 aliphatic carbocycles. The smallest absolute Gasteiger partial charge is 0.395 e. The Morgan fingerprint density at radius 1 is 0.108 bits per heavy atom. The highest BCUT2D eigenvalue weighted by atomic mass is 28.7. The Bertz CT molecular complexity index is 2830. The summed E-state index contributed by atoms with van der Waals surface area (Å²) in [5.41, 5.74) is 0. The molecule has 6 aliphatic heterocycles. The molecular formula is C80H200O44Si24. The van der Waals surface area contributed by atoms with Gasteiger partial charge in [0, 0.05) is 207 Å². The predicted octanol–water partition coefficient (Wildman–Crippen LogP) is 17.9. The lowest BCUT2D eigenvalue weighted by Crippen LogP contribution is -2.93. The zero-order chi connectivity index (χ0) is 111. The standard InChI is InChI=1S/C80H200O44Si24/c1-41-81-133(82-42-2,83-43-3)73-65-125(25,26)105-141-113-142(106-126(27,28)66-74-134(84-44-4,85-45-5)86-46-6)116-145(109-129(33,34)69-77-137(93-53-13,94-54-14)95-55-15)118-143(114-141,107-127(29,30)67-75-135(87-47-7,88-48-8)89-49-9)120-147(111-131(37,38)71-79-139(99-59-19,100-60-20)101-61-21)121-144(115-141,108-128(31,32)68-76-136(90-50-10,91-51-11)92-52-12)119-146(117-142,110-130(35,36)70-78-138(96-56-16,97-57-17)98-58-18)123-148(122-145,124-147)112-132(39,40)72-80-140(102-62-22,103-63-23)104-64-24/h41-80H2,1-40H3. The number of rotatable bonds is 88. The Kier molecular flexibility index (Phi) is 60.1. The predicted molar refractivity (Wildman–Crippen MR) is 610 cm³/mol. The van der Waals surface area contributed by atoms with E-state index in [0.717, 1.165) is 0 Å². The molecule has 148 heavy (non-hydrogen) atoms. The van der Waals surface area contributed by atoms with Gasteiger partial charge in [0.25, 0.3) is 0 Å². The van der Waals surface area contributed by atoms with Gasteiger partial charge in [-0.3, -0.25) is 0 Å². The second-order valence-electron chi connectivity index (χ2n) is 40.0. The first-order valence-electron chi connectivity index (χ1n) is 54.6. The topological polar surface area (TPSA) is 406 Å². The molecule has 0 saturated carbocycles. The maximum Gasteiger partial charge on any atom is 0.651 e. The first-order chi connectivity index (χ1) is 69.3. The van der Waals surface area contributed by atoms with Crippen LogP contribution in [0.4, 0.5) is 0 Å². The highest BCUT2D eigenvalue weighted by Gasteiger charge is 2.93. The van der Waals surface area contributed by atoms with Gasteiger partial charge in [-0.2, -0.15) is 0 Å². The van der Waals surface area contributed by atoms with Crippen molar-refractivity contribution >= 4 is 209 Å². The summed E-state index contributed by atoms with van der Waals surface area (Å²) in [7, 11) is -110. The summed E-state index contributed by atoms with van der Waals surface area (Å²) in [6, 6.07) is 3.05. The molecule has 8 bridgehead atoms. The van der Waals surface area contributed by atoms with E-state index in [-0.39, 0.29) is 255 Å². The van der Waals surface area contributed by atoms with Gasteiger partial charge in [-0.15, -0.1) is 0 Å². The van der Waals surface area contributed by atoms with Crippen molar-refractivity contribution < 1.29 is 189 Å². The molecule has 0 atom stereocenters. The van der Waals surface area contributed by atoms with Crippen LogP contribution in [0.1, 0.15) is 166 Å². The zero-order valence-corrected chi connectivity index (χ0v) is 122. The van der Waals surface area contributed by atoms with Gasteiger partial charge in [0.15, 0.2) is 66.5 Å². The third-order valence-corrected chi connectivity index (χ3v) is 113. The quantitative estimate of drug-likeness (QED) is 0.0510. The SMILES string of the molecule is CCO[Si](CC[Si](C)(C)O[Si]12O[Si]3(O[Si](C)(C)CC[Si](OCC)(OCC)OCC)O[Si]4(O[Si](C)(C)CC[Si](OCC)(OCC)OCC)O[Si](O[Si](C)(C)CC[Si](OCC)(OCC)OCC)(O1)O[Si]1(O[Si](C)(C)CC[Si](OCC)(OCC)OCC)O[Si](O[Si](C)(C)CC[Si](OCC)(OCC)OCC)(O2)O[Si](O[Si](C)(C)CC[Si](OCC)(OCC)OCC)(O3)O[Si](O[Si](C)(C)CC[Si](OCC)(OCC)OCC)(O4)O1)(OCC)OCC. The molecule has 68 heteroatoms. The average Bonchev–Trinajstić information content (AvgIpc) is 0.674. The lowest BCUT2D eigenvalue weighted by Gasteiger charge is -2.61. The molecule has 6 heterocycles. The van der Waals surface area contributed by atoms with E-state index < -0.39 is 209 Å². The fourth-order valence-corrected chi connectivity index (χ4v) is 128. The summed E-state index contributed by atoms with van der Waals surface area (Å²) >= 11 is 0. The second-order valence-corrected chi connectivity index (χ2v) is 118. The molecule has 0 aromatic rings. The van der Waals surface area contributed by atoms with Gasteiger partial charge in [0.1, 0.15) is 0 Å². The van der Waals surface area contributed by atoms with Crippen LogP contribution in [0.2, 0.25) is 201 Å². The van der Waals surface area contributed by atoms with Gasteiger partial charge < -0.3 is 189 Å². The van der Waals surface area contributed by atoms with Crippen molar-refractivity contribution in [3.8, 4) is 0 Å². The lowest BCUT2D eigenvalue weighted by molar-refractivity contribution is -0.130. The van der Waals surface area contributed by atoms with Crippen LogP contribution in [-0.4, -0.2) is 368 Å². The Morgan fingerprint density at radius 3 is 0.223 bits per heavy atom.